The average molecular weight is 187 g/mol. The standard InChI is InChI=1S/C5H5N3O3S/c1-11-7-4(5(9)10)3-2-12-8-6-3/h2H,1H3,(H,9,10)/b7-4-. The van der Waals surface area contributed by atoms with Gasteiger partial charge >= 0.3 is 5.97 Å². The van der Waals surface area contributed by atoms with Crippen LogP contribution in [0.25, 0.3) is 0 Å². The maximum atomic E-state index is 10.5. The molecule has 0 saturated heterocycles. The Balaban J connectivity index is 2.96. The molecule has 1 aromatic heterocycles. The van der Waals surface area contributed by atoms with E-state index in [1.807, 2.05) is 0 Å². The zero-order valence-corrected chi connectivity index (χ0v) is 6.91. The summed E-state index contributed by atoms with van der Waals surface area (Å²) in [5.41, 5.74) is -0.0411. The monoisotopic (exact) mass is 187 g/mol. The molecule has 0 aliphatic rings. The normalized spacial score (nSPS) is 11.2. The van der Waals surface area contributed by atoms with Gasteiger partial charge in [0.25, 0.3) is 0 Å². The van der Waals surface area contributed by atoms with Gasteiger partial charge in [0.2, 0.25) is 5.71 Å². The molecule has 1 aromatic rings. The van der Waals surface area contributed by atoms with Crippen molar-refractivity contribution in [3.8, 4) is 0 Å². The highest BCUT2D eigenvalue weighted by Crippen LogP contribution is 2.00. The number of carbonyl (C=O) groups is 1. The van der Waals surface area contributed by atoms with E-state index >= 15 is 0 Å². The minimum atomic E-state index is -1.19. The fourth-order valence-electron chi connectivity index (χ4n) is 0.554. The molecule has 12 heavy (non-hydrogen) atoms. The molecule has 0 radical (unpaired) electrons. The van der Waals surface area contributed by atoms with Crippen LogP contribution in [0.1, 0.15) is 5.69 Å². The first-order chi connectivity index (χ1) is 5.75. The molecule has 0 fully saturated rings. The Morgan fingerprint density at radius 1 is 1.83 bits per heavy atom. The second kappa shape index (κ2) is 3.77. The SMILES string of the molecule is CO/N=C(\C(=O)O)c1csnn1. The molecule has 0 aliphatic heterocycles. The van der Waals surface area contributed by atoms with Gasteiger partial charge in [-0.15, -0.1) is 5.10 Å². The van der Waals surface area contributed by atoms with E-state index in [0.717, 1.165) is 11.5 Å². The van der Waals surface area contributed by atoms with Crippen LogP contribution in [0, 0.1) is 0 Å². The molecule has 0 aromatic carbocycles. The number of aliphatic carboxylic acids is 1. The molecule has 0 aliphatic carbocycles. The van der Waals surface area contributed by atoms with Crippen LogP contribution < -0.4 is 0 Å². The van der Waals surface area contributed by atoms with Crippen molar-refractivity contribution in [2.75, 3.05) is 7.11 Å². The van der Waals surface area contributed by atoms with Crippen LogP contribution >= 0.6 is 11.5 Å². The zero-order valence-electron chi connectivity index (χ0n) is 6.09. The fraction of sp³-hybridized carbons (Fsp3) is 0.200. The van der Waals surface area contributed by atoms with Gasteiger partial charge in [-0.05, 0) is 11.5 Å². The highest BCUT2D eigenvalue weighted by molar-refractivity contribution is 7.03. The number of aromatic nitrogens is 2. The Bertz CT molecular complexity index is 295. The van der Waals surface area contributed by atoms with Gasteiger partial charge in [-0.2, -0.15) is 0 Å². The topological polar surface area (TPSA) is 84.7 Å². The molecule has 0 atom stereocenters. The fourth-order valence-corrected chi connectivity index (χ4v) is 0.995. The molecule has 7 heteroatoms. The molecule has 1 heterocycles. The Morgan fingerprint density at radius 2 is 2.58 bits per heavy atom. The summed E-state index contributed by atoms with van der Waals surface area (Å²) < 4.78 is 3.50. The van der Waals surface area contributed by atoms with Gasteiger partial charge in [-0.25, -0.2) is 4.79 Å². The highest BCUT2D eigenvalue weighted by atomic mass is 32.1. The molecular weight excluding hydrogens is 182 g/mol. The number of carboxylic acid groups (broad SMARTS) is 1. The van der Waals surface area contributed by atoms with E-state index in [4.69, 9.17) is 5.11 Å². The van der Waals surface area contributed by atoms with Gasteiger partial charge in [-0.3, -0.25) is 0 Å². The van der Waals surface area contributed by atoms with Gasteiger partial charge in [0.05, 0.1) is 0 Å². The average Bonchev–Trinajstić information content (AvgIpc) is 2.51. The van der Waals surface area contributed by atoms with Crippen LogP contribution in [0.2, 0.25) is 0 Å². The molecule has 0 bridgehead atoms. The molecule has 0 amide bonds. The lowest BCUT2D eigenvalue weighted by atomic mass is 10.3. The second-order valence-corrected chi connectivity index (χ2v) is 2.33. The van der Waals surface area contributed by atoms with Crippen LogP contribution in [0.3, 0.4) is 0 Å². The molecule has 0 spiro atoms. The van der Waals surface area contributed by atoms with Gasteiger partial charge in [0.1, 0.15) is 12.8 Å². The predicted molar refractivity (Wildman–Crippen MR) is 41.1 cm³/mol. The van der Waals surface area contributed by atoms with Crippen molar-refractivity contribution in [1.29, 1.82) is 0 Å². The van der Waals surface area contributed by atoms with Gasteiger partial charge in [0, 0.05) is 5.38 Å². The third-order valence-corrected chi connectivity index (χ3v) is 1.49. The van der Waals surface area contributed by atoms with Crippen molar-refractivity contribution >= 4 is 23.2 Å². The Morgan fingerprint density at radius 3 is 3.00 bits per heavy atom. The largest absolute Gasteiger partial charge is 0.476 e. The van der Waals surface area contributed by atoms with Crippen molar-refractivity contribution in [1.82, 2.24) is 9.59 Å². The second-order valence-electron chi connectivity index (χ2n) is 1.72. The van der Waals surface area contributed by atoms with Crippen molar-refractivity contribution in [3.63, 3.8) is 0 Å². The number of nitrogens with zero attached hydrogens (tertiary/aromatic N) is 3. The van der Waals surface area contributed by atoms with Gasteiger partial charge < -0.3 is 9.94 Å². The van der Waals surface area contributed by atoms with Crippen LogP contribution in [0.4, 0.5) is 0 Å². The van der Waals surface area contributed by atoms with Crippen molar-refractivity contribution in [2.45, 2.75) is 0 Å². The van der Waals surface area contributed by atoms with Crippen molar-refractivity contribution in [2.24, 2.45) is 5.16 Å². The van der Waals surface area contributed by atoms with Gasteiger partial charge in [0.15, 0.2) is 0 Å². The quantitative estimate of drug-likeness (QED) is 0.530. The summed E-state index contributed by atoms with van der Waals surface area (Å²) in [4.78, 5) is 14.8. The van der Waals surface area contributed by atoms with E-state index in [9.17, 15) is 4.79 Å². The Labute approximate surface area is 71.6 Å². The maximum absolute atomic E-state index is 10.5. The molecule has 0 saturated carbocycles. The molecule has 64 valence electrons. The lowest BCUT2D eigenvalue weighted by Crippen LogP contribution is -2.15. The summed E-state index contributed by atoms with van der Waals surface area (Å²) >= 11 is 1.05. The summed E-state index contributed by atoms with van der Waals surface area (Å²) in [6, 6.07) is 0. The van der Waals surface area contributed by atoms with Crippen molar-refractivity contribution in [3.05, 3.63) is 11.1 Å². The summed E-state index contributed by atoms with van der Waals surface area (Å²) in [6.45, 7) is 0. The van der Waals surface area contributed by atoms with Crippen LogP contribution in [-0.4, -0.2) is 33.5 Å². The summed E-state index contributed by atoms with van der Waals surface area (Å²) in [5.74, 6) is -1.19. The smallest absolute Gasteiger partial charge is 0.360 e. The summed E-state index contributed by atoms with van der Waals surface area (Å²) in [5, 5.41) is 16.9. The lowest BCUT2D eigenvalue weighted by molar-refractivity contribution is -0.129. The molecular formula is C5H5N3O3S. The Hall–Kier alpha value is -1.50. The first-order valence-electron chi connectivity index (χ1n) is 2.87. The number of hydrogen-bond donors (Lipinski definition) is 1. The number of hydrogen-bond acceptors (Lipinski definition) is 6. The molecule has 1 N–H and O–H groups in total. The molecule has 0 unspecified atom stereocenters. The van der Waals surface area contributed by atoms with E-state index in [0.29, 0.717) is 0 Å². The van der Waals surface area contributed by atoms with E-state index in [2.05, 4.69) is 19.6 Å². The minimum Gasteiger partial charge on any atom is -0.476 e. The van der Waals surface area contributed by atoms with Crippen LogP contribution in [0.15, 0.2) is 10.5 Å². The third-order valence-electron chi connectivity index (χ3n) is 0.988. The number of rotatable bonds is 3. The maximum Gasteiger partial charge on any atom is 0.360 e. The number of carboxylic acids is 1. The first-order valence-corrected chi connectivity index (χ1v) is 3.71. The summed E-state index contributed by atoms with van der Waals surface area (Å²) in [7, 11) is 1.27. The highest BCUT2D eigenvalue weighted by Gasteiger charge is 2.15. The van der Waals surface area contributed by atoms with E-state index in [1.165, 1.54) is 12.5 Å². The molecule has 1 rings (SSSR count). The third kappa shape index (κ3) is 1.76. The van der Waals surface area contributed by atoms with E-state index in [-0.39, 0.29) is 11.4 Å². The van der Waals surface area contributed by atoms with E-state index in [1.54, 1.807) is 0 Å². The lowest BCUT2D eigenvalue weighted by Gasteiger charge is -1.93. The zero-order chi connectivity index (χ0) is 8.97. The first kappa shape index (κ1) is 8.60. The number of oxime groups is 1. The summed E-state index contributed by atoms with van der Waals surface area (Å²) in [6.07, 6.45) is 0. The molecule has 6 nitrogen and oxygen atoms in total. The van der Waals surface area contributed by atoms with Crippen LogP contribution in [-0.2, 0) is 9.63 Å². The minimum absolute atomic E-state index is 0.203. The Kier molecular flexibility index (Phi) is 2.70. The van der Waals surface area contributed by atoms with Gasteiger partial charge in [-0.1, -0.05) is 9.64 Å². The van der Waals surface area contributed by atoms with E-state index < -0.39 is 5.97 Å². The van der Waals surface area contributed by atoms with Crippen molar-refractivity contribution < 1.29 is 14.7 Å². The predicted octanol–water partition coefficient (Wildman–Crippen LogP) is -0.0268. The van der Waals surface area contributed by atoms with Crippen LogP contribution in [0.5, 0.6) is 0 Å².